The van der Waals surface area contributed by atoms with Crippen molar-refractivity contribution < 1.29 is 4.92 Å². The van der Waals surface area contributed by atoms with Gasteiger partial charge in [-0.25, -0.2) is 4.98 Å². The van der Waals surface area contributed by atoms with E-state index in [-0.39, 0.29) is 11.5 Å². The smallest absolute Gasteiger partial charge is 0.329 e. The summed E-state index contributed by atoms with van der Waals surface area (Å²) in [7, 11) is 0. The summed E-state index contributed by atoms with van der Waals surface area (Å²) in [6.07, 6.45) is 9.17. The molecule has 1 fully saturated rings. The minimum absolute atomic E-state index is 0.115. The van der Waals surface area contributed by atoms with Crippen molar-refractivity contribution in [3.63, 3.8) is 0 Å². The molecule has 1 saturated carbocycles. The van der Waals surface area contributed by atoms with Crippen LogP contribution in [-0.4, -0.2) is 33.0 Å². The number of nitrogens with one attached hydrogen (secondary N) is 2. The van der Waals surface area contributed by atoms with Gasteiger partial charge in [0.15, 0.2) is 0 Å². The molecule has 0 spiro atoms. The molecule has 4 N–H and O–H groups in total. The lowest BCUT2D eigenvalue weighted by Gasteiger charge is -2.27. The third-order valence-electron chi connectivity index (χ3n) is 6.22. The Hall–Kier alpha value is -3.59. The first-order chi connectivity index (χ1) is 16.1. The van der Waals surface area contributed by atoms with Crippen molar-refractivity contribution in [2.24, 2.45) is 17.6 Å². The molecule has 0 saturated heterocycles. The minimum Gasteiger partial charge on any atom is -0.364 e. The molecule has 33 heavy (non-hydrogen) atoms. The van der Waals surface area contributed by atoms with Gasteiger partial charge in [-0.15, -0.1) is 0 Å². The van der Waals surface area contributed by atoms with Crippen LogP contribution in [0, 0.1) is 22.0 Å². The Labute approximate surface area is 193 Å². The normalized spacial score (nSPS) is 18.0. The number of nitro groups is 1. The van der Waals surface area contributed by atoms with E-state index in [1.54, 1.807) is 12.4 Å². The van der Waals surface area contributed by atoms with E-state index in [9.17, 15) is 10.1 Å². The molecule has 1 aliphatic rings. The van der Waals surface area contributed by atoms with Gasteiger partial charge in [-0.3, -0.25) is 15.1 Å². The van der Waals surface area contributed by atoms with E-state index in [1.165, 1.54) is 6.20 Å². The van der Waals surface area contributed by atoms with Crippen LogP contribution in [0.25, 0.3) is 11.1 Å². The van der Waals surface area contributed by atoms with E-state index >= 15 is 0 Å². The summed E-state index contributed by atoms with van der Waals surface area (Å²) in [5, 5.41) is 17.8. The summed E-state index contributed by atoms with van der Waals surface area (Å²) in [5.41, 5.74) is 8.89. The molecule has 1 aliphatic carbocycles. The molecule has 9 heteroatoms. The zero-order valence-electron chi connectivity index (χ0n) is 18.5. The number of hydrogen-bond donors (Lipinski definition) is 3. The Bertz CT molecular complexity index is 1070. The average Bonchev–Trinajstić information content (AvgIpc) is 2.87. The van der Waals surface area contributed by atoms with Crippen LogP contribution < -0.4 is 16.4 Å². The summed E-state index contributed by atoms with van der Waals surface area (Å²) in [4.78, 5) is 23.6. The third-order valence-corrected chi connectivity index (χ3v) is 6.22. The molecule has 3 aromatic rings. The van der Waals surface area contributed by atoms with Gasteiger partial charge < -0.3 is 16.4 Å². The molecule has 0 aliphatic heterocycles. The quantitative estimate of drug-likeness (QED) is 0.328. The number of benzene rings is 1. The number of anilines is 2. The van der Waals surface area contributed by atoms with E-state index in [0.29, 0.717) is 30.9 Å². The summed E-state index contributed by atoms with van der Waals surface area (Å²) in [6, 6.07) is 12.1. The van der Waals surface area contributed by atoms with Gasteiger partial charge in [0.2, 0.25) is 11.8 Å². The van der Waals surface area contributed by atoms with Gasteiger partial charge in [0.1, 0.15) is 6.20 Å². The predicted molar refractivity (Wildman–Crippen MR) is 129 cm³/mol. The molecule has 9 nitrogen and oxygen atoms in total. The second-order valence-corrected chi connectivity index (χ2v) is 8.48. The van der Waals surface area contributed by atoms with Gasteiger partial charge in [-0.1, -0.05) is 18.2 Å². The highest BCUT2D eigenvalue weighted by Crippen LogP contribution is 2.29. The number of hydrogen-bond acceptors (Lipinski definition) is 8. The Kier molecular flexibility index (Phi) is 7.41. The van der Waals surface area contributed by atoms with Crippen LogP contribution in [0.4, 0.5) is 17.5 Å². The van der Waals surface area contributed by atoms with Gasteiger partial charge in [0.05, 0.1) is 4.92 Å². The first kappa shape index (κ1) is 22.6. The van der Waals surface area contributed by atoms with Crippen molar-refractivity contribution in [3.8, 4) is 11.1 Å². The summed E-state index contributed by atoms with van der Waals surface area (Å²) in [6.45, 7) is 1.89. The molecule has 1 aromatic carbocycles. The van der Waals surface area contributed by atoms with Gasteiger partial charge in [0, 0.05) is 25.5 Å². The monoisotopic (exact) mass is 447 g/mol. The molecule has 4 rings (SSSR count). The SMILES string of the molecule is NCC1CCC(CNc2nc(NCc3cccc(-c4ccncc4)c3)ncc2[N+](=O)[O-])CC1. The molecule has 172 valence electrons. The number of nitrogens with zero attached hydrogens (tertiary/aromatic N) is 4. The van der Waals surface area contributed by atoms with E-state index in [2.05, 4.69) is 31.7 Å². The van der Waals surface area contributed by atoms with Crippen molar-refractivity contribution in [3.05, 3.63) is 70.7 Å². The fourth-order valence-electron chi connectivity index (χ4n) is 4.22. The lowest BCUT2D eigenvalue weighted by atomic mass is 9.82. The van der Waals surface area contributed by atoms with Crippen LogP contribution in [0.1, 0.15) is 31.2 Å². The van der Waals surface area contributed by atoms with Crippen LogP contribution in [0.2, 0.25) is 0 Å². The van der Waals surface area contributed by atoms with Crippen LogP contribution in [0.15, 0.2) is 55.0 Å². The maximum absolute atomic E-state index is 11.5. The molecule has 0 bridgehead atoms. The molecule has 0 radical (unpaired) electrons. The number of rotatable bonds is 9. The highest BCUT2D eigenvalue weighted by Gasteiger charge is 2.22. The first-order valence-electron chi connectivity index (χ1n) is 11.3. The Balaban J connectivity index is 1.41. The Morgan fingerprint density at radius 2 is 1.79 bits per heavy atom. The Morgan fingerprint density at radius 1 is 1.03 bits per heavy atom. The predicted octanol–water partition coefficient (Wildman–Crippen LogP) is 4.24. The fraction of sp³-hybridized carbons (Fsp3) is 0.375. The van der Waals surface area contributed by atoms with Crippen molar-refractivity contribution >= 4 is 17.5 Å². The van der Waals surface area contributed by atoms with Crippen molar-refractivity contribution in [1.29, 1.82) is 0 Å². The minimum atomic E-state index is -0.449. The highest BCUT2D eigenvalue weighted by atomic mass is 16.6. The standard InChI is InChI=1S/C24H29N7O2/c25-13-17-4-6-18(7-5-17)14-27-23-22(31(32)33)16-29-24(30-23)28-15-19-2-1-3-21(12-19)20-8-10-26-11-9-20/h1-3,8-12,16-18H,4-7,13-15,25H2,(H2,27,28,29,30). The molecule has 0 unspecified atom stereocenters. The van der Waals surface area contributed by atoms with Gasteiger partial charge in [-0.2, -0.15) is 4.98 Å². The van der Waals surface area contributed by atoms with E-state index in [0.717, 1.165) is 48.9 Å². The molecule has 0 atom stereocenters. The van der Waals surface area contributed by atoms with Crippen LogP contribution in [-0.2, 0) is 6.54 Å². The van der Waals surface area contributed by atoms with Crippen molar-refractivity contribution in [2.45, 2.75) is 32.2 Å². The fourth-order valence-corrected chi connectivity index (χ4v) is 4.22. The van der Waals surface area contributed by atoms with Gasteiger partial charge in [0.25, 0.3) is 0 Å². The summed E-state index contributed by atoms with van der Waals surface area (Å²) >= 11 is 0. The highest BCUT2D eigenvalue weighted by molar-refractivity contribution is 5.63. The van der Waals surface area contributed by atoms with Crippen LogP contribution in [0.3, 0.4) is 0 Å². The largest absolute Gasteiger partial charge is 0.364 e. The molecule has 2 heterocycles. The van der Waals surface area contributed by atoms with E-state index < -0.39 is 4.92 Å². The summed E-state index contributed by atoms with van der Waals surface area (Å²) < 4.78 is 0. The Morgan fingerprint density at radius 3 is 2.52 bits per heavy atom. The maximum Gasteiger partial charge on any atom is 0.329 e. The molecule has 0 amide bonds. The maximum atomic E-state index is 11.5. The number of aromatic nitrogens is 3. The number of nitrogens with two attached hydrogens (primary N) is 1. The lowest BCUT2D eigenvalue weighted by Crippen LogP contribution is -2.25. The second-order valence-electron chi connectivity index (χ2n) is 8.48. The van der Waals surface area contributed by atoms with Crippen molar-refractivity contribution in [1.82, 2.24) is 15.0 Å². The summed E-state index contributed by atoms with van der Waals surface area (Å²) in [5.74, 6) is 1.67. The average molecular weight is 448 g/mol. The van der Waals surface area contributed by atoms with E-state index in [4.69, 9.17) is 5.73 Å². The second kappa shape index (κ2) is 10.8. The zero-order valence-corrected chi connectivity index (χ0v) is 18.5. The first-order valence-corrected chi connectivity index (χ1v) is 11.3. The number of pyridine rings is 1. The molecule has 2 aromatic heterocycles. The van der Waals surface area contributed by atoms with Crippen molar-refractivity contribution in [2.75, 3.05) is 23.7 Å². The van der Waals surface area contributed by atoms with Gasteiger partial charge >= 0.3 is 5.69 Å². The molecular weight excluding hydrogens is 418 g/mol. The van der Waals surface area contributed by atoms with Crippen LogP contribution >= 0.6 is 0 Å². The zero-order chi connectivity index (χ0) is 23.0. The topological polar surface area (TPSA) is 132 Å². The van der Waals surface area contributed by atoms with Crippen LogP contribution in [0.5, 0.6) is 0 Å². The van der Waals surface area contributed by atoms with Gasteiger partial charge in [-0.05, 0) is 79.0 Å². The third kappa shape index (κ3) is 6.01. The lowest BCUT2D eigenvalue weighted by molar-refractivity contribution is -0.384. The molecular formula is C24H29N7O2. The van der Waals surface area contributed by atoms with E-state index in [1.807, 2.05) is 30.3 Å².